The number of hydrogen-bond acceptors (Lipinski definition) is 6. The molecule has 8 heteroatoms. The van der Waals surface area contributed by atoms with Crippen LogP contribution in [0.3, 0.4) is 0 Å². The Morgan fingerprint density at radius 3 is 2.43 bits per heavy atom. The lowest BCUT2D eigenvalue weighted by Gasteiger charge is -2.11. The van der Waals surface area contributed by atoms with Crippen LogP contribution in [0.1, 0.15) is 11.1 Å². The first kappa shape index (κ1) is 15.6. The van der Waals surface area contributed by atoms with Crippen LogP contribution in [0, 0.1) is 0 Å². The van der Waals surface area contributed by atoms with Gasteiger partial charge in [-0.1, -0.05) is 23.2 Å². The van der Waals surface area contributed by atoms with E-state index in [1.54, 1.807) is 24.5 Å². The fourth-order valence-electron chi connectivity index (χ4n) is 1.63. The van der Waals surface area contributed by atoms with Gasteiger partial charge in [0.05, 0.1) is 0 Å². The molecule has 0 aliphatic heterocycles. The van der Waals surface area contributed by atoms with Gasteiger partial charge in [0.2, 0.25) is 0 Å². The second-order valence-electron chi connectivity index (χ2n) is 4.29. The van der Waals surface area contributed by atoms with E-state index in [2.05, 4.69) is 15.0 Å². The Morgan fingerprint density at radius 2 is 1.81 bits per heavy atom. The summed E-state index contributed by atoms with van der Waals surface area (Å²) in [7, 11) is 0. The maximum absolute atomic E-state index is 11.8. The van der Waals surface area contributed by atoms with Gasteiger partial charge in [0.1, 0.15) is 29.3 Å². The Balaban J connectivity index is 1.89. The highest BCUT2D eigenvalue weighted by atomic mass is 35.5. The number of halogens is 2. The standard InChI is InChI=1S/C13H12Cl2N4O2/c14-11-2-8(3-12(15)19-11)6-21-13(20)10(16)1-9-4-17-7-18-5-9/h2-5,7,10H,1,6,16H2/t10-/m0/s1. The lowest BCUT2D eigenvalue weighted by molar-refractivity contribution is -0.146. The number of carbonyl (C=O) groups is 1. The van der Waals surface area contributed by atoms with Crippen molar-refractivity contribution in [1.82, 2.24) is 15.0 Å². The maximum Gasteiger partial charge on any atom is 0.323 e. The highest BCUT2D eigenvalue weighted by molar-refractivity contribution is 6.32. The second-order valence-corrected chi connectivity index (χ2v) is 5.06. The summed E-state index contributed by atoms with van der Waals surface area (Å²) >= 11 is 11.5. The van der Waals surface area contributed by atoms with Crippen LogP contribution in [-0.4, -0.2) is 27.0 Å². The van der Waals surface area contributed by atoms with E-state index in [1.807, 2.05) is 0 Å². The van der Waals surface area contributed by atoms with Crippen molar-refractivity contribution < 1.29 is 9.53 Å². The van der Waals surface area contributed by atoms with Gasteiger partial charge in [0.25, 0.3) is 0 Å². The van der Waals surface area contributed by atoms with Crippen molar-refractivity contribution in [3.05, 3.63) is 52.3 Å². The predicted octanol–water partition coefficient (Wildman–Crippen LogP) is 1.79. The van der Waals surface area contributed by atoms with Gasteiger partial charge in [-0.15, -0.1) is 0 Å². The van der Waals surface area contributed by atoms with Gasteiger partial charge in [-0.2, -0.15) is 0 Å². The number of ether oxygens (including phenoxy) is 1. The summed E-state index contributed by atoms with van der Waals surface area (Å²) in [6.07, 6.45) is 4.91. The van der Waals surface area contributed by atoms with Crippen molar-refractivity contribution >= 4 is 29.2 Å². The van der Waals surface area contributed by atoms with Crippen LogP contribution in [0.4, 0.5) is 0 Å². The molecule has 0 amide bonds. The quantitative estimate of drug-likeness (QED) is 0.665. The number of esters is 1. The molecule has 6 nitrogen and oxygen atoms in total. The normalized spacial score (nSPS) is 12.0. The average molecular weight is 327 g/mol. The lowest BCUT2D eigenvalue weighted by Crippen LogP contribution is -2.34. The molecule has 0 unspecified atom stereocenters. The summed E-state index contributed by atoms with van der Waals surface area (Å²) in [5.41, 5.74) is 7.18. The number of carbonyl (C=O) groups excluding carboxylic acids is 1. The van der Waals surface area contributed by atoms with Crippen molar-refractivity contribution in [1.29, 1.82) is 0 Å². The molecule has 2 heterocycles. The Hall–Kier alpha value is -1.76. The number of nitrogens with zero attached hydrogens (tertiary/aromatic N) is 3. The largest absolute Gasteiger partial charge is 0.460 e. The first-order chi connectivity index (χ1) is 10.0. The molecule has 0 bridgehead atoms. The van der Waals surface area contributed by atoms with Crippen LogP contribution >= 0.6 is 23.2 Å². The maximum atomic E-state index is 11.8. The molecule has 2 aromatic rings. The first-order valence-electron chi connectivity index (χ1n) is 6.02. The fourth-order valence-corrected chi connectivity index (χ4v) is 2.14. The predicted molar refractivity (Wildman–Crippen MR) is 77.8 cm³/mol. The molecule has 2 aromatic heterocycles. The summed E-state index contributed by atoms with van der Waals surface area (Å²) in [6.45, 7) is 0.0276. The molecule has 0 fully saturated rings. The highest BCUT2D eigenvalue weighted by Crippen LogP contribution is 2.15. The average Bonchev–Trinajstić information content (AvgIpc) is 2.44. The second kappa shape index (κ2) is 7.31. The Labute approximate surface area is 131 Å². The van der Waals surface area contributed by atoms with Gasteiger partial charge in [-0.25, -0.2) is 15.0 Å². The SMILES string of the molecule is N[C@@H](Cc1cncnc1)C(=O)OCc1cc(Cl)nc(Cl)c1. The van der Waals surface area contributed by atoms with Crippen molar-refractivity contribution in [2.24, 2.45) is 5.73 Å². The smallest absolute Gasteiger partial charge is 0.323 e. The number of aromatic nitrogens is 3. The van der Waals surface area contributed by atoms with Crippen LogP contribution in [-0.2, 0) is 22.6 Å². The lowest BCUT2D eigenvalue weighted by atomic mass is 10.1. The zero-order valence-electron chi connectivity index (χ0n) is 10.9. The third-order valence-electron chi connectivity index (χ3n) is 2.58. The van der Waals surface area contributed by atoms with Crippen molar-refractivity contribution in [3.8, 4) is 0 Å². The molecular formula is C13H12Cl2N4O2. The fraction of sp³-hybridized carbons (Fsp3) is 0.231. The van der Waals surface area contributed by atoms with Gasteiger partial charge in [0, 0.05) is 18.8 Å². The third-order valence-corrected chi connectivity index (χ3v) is 2.96. The zero-order chi connectivity index (χ0) is 15.2. The molecule has 0 aliphatic rings. The Kier molecular flexibility index (Phi) is 5.44. The van der Waals surface area contributed by atoms with E-state index < -0.39 is 12.0 Å². The van der Waals surface area contributed by atoms with Gasteiger partial charge >= 0.3 is 5.97 Å². The third kappa shape index (κ3) is 4.93. The van der Waals surface area contributed by atoms with Crippen LogP contribution in [0.25, 0.3) is 0 Å². The minimum absolute atomic E-state index is 0.0276. The van der Waals surface area contributed by atoms with E-state index in [0.29, 0.717) is 12.0 Å². The molecule has 2 N–H and O–H groups in total. The van der Waals surface area contributed by atoms with Crippen molar-refractivity contribution in [2.75, 3.05) is 0 Å². The molecule has 0 radical (unpaired) electrons. The first-order valence-corrected chi connectivity index (χ1v) is 6.78. The van der Waals surface area contributed by atoms with Gasteiger partial charge in [0.15, 0.2) is 0 Å². The molecule has 0 aromatic carbocycles. The number of nitrogens with two attached hydrogens (primary N) is 1. The molecule has 2 rings (SSSR count). The Bertz CT molecular complexity index is 605. The van der Waals surface area contributed by atoms with E-state index in [4.69, 9.17) is 33.7 Å². The summed E-state index contributed by atoms with van der Waals surface area (Å²) in [4.78, 5) is 23.3. The number of pyridine rings is 1. The topological polar surface area (TPSA) is 91.0 Å². The molecule has 21 heavy (non-hydrogen) atoms. The summed E-state index contributed by atoms with van der Waals surface area (Å²) in [5, 5.41) is 0.471. The highest BCUT2D eigenvalue weighted by Gasteiger charge is 2.16. The minimum atomic E-state index is -0.788. The summed E-state index contributed by atoms with van der Waals surface area (Å²) in [6, 6.07) is 2.35. The van der Waals surface area contributed by atoms with Gasteiger partial charge < -0.3 is 10.5 Å². The molecule has 1 atom stereocenters. The van der Waals surface area contributed by atoms with Crippen LogP contribution in [0.5, 0.6) is 0 Å². The van der Waals surface area contributed by atoms with E-state index in [-0.39, 0.29) is 16.9 Å². The number of hydrogen-bond donors (Lipinski definition) is 1. The van der Waals surface area contributed by atoms with Gasteiger partial charge in [-0.05, 0) is 23.3 Å². The van der Waals surface area contributed by atoms with Crippen LogP contribution in [0.2, 0.25) is 10.3 Å². The van der Waals surface area contributed by atoms with Crippen LogP contribution in [0.15, 0.2) is 30.9 Å². The van der Waals surface area contributed by atoms with Crippen molar-refractivity contribution in [3.63, 3.8) is 0 Å². The van der Waals surface area contributed by atoms with E-state index in [0.717, 1.165) is 5.56 Å². The Morgan fingerprint density at radius 1 is 1.19 bits per heavy atom. The van der Waals surface area contributed by atoms with Crippen molar-refractivity contribution in [2.45, 2.75) is 19.1 Å². The van der Waals surface area contributed by atoms with Crippen LogP contribution < -0.4 is 5.73 Å². The van der Waals surface area contributed by atoms with E-state index >= 15 is 0 Å². The van der Waals surface area contributed by atoms with E-state index in [1.165, 1.54) is 6.33 Å². The van der Waals surface area contributed by atoms with E-state index in [9.17, 15) is 4.79 Å². The summed E-state index contributed by atoms with van der Waals surface area (Å²) < 4.78 is 5.12. The minimum Gasteiger partial charge on any atom is -0.460 e. The molecule has 0 spiro atoms. The molecule has 0 aliphatic carbocycles. The van der Waals surface area contributed by atoms with Gasteiger partial charge in [-0.3, -0.25) is 4.79 Å². The molecule has 0 saturated carbocycles. The molecule has 110 valence electrons. The molecule has 0 saturated heterocycles. The number of rotatable bonds is 5. The monoisotopic (exact) mass is 326 g/mol. The zero-order valence-corrected chi connectivity index (χ0v) is 12.4. The molecular weight excluding hydrogens is 315 g/mol. The summed E-state index contributed by atoms with van der Waals surface area (Å²) in [5.74, 6) is -0.525.